The maximum atomic E-state index is 11.5. The normalized spacial score (nSPS) is 10.9. The maximum absolute atomic E-state index is 11.5. The summed E-state index contributed by atoms with van der Waals surface area (Å²) in [6, 6.07) is 18.1. The summed E-state index contributed by atoms with van der Waals surface area (Å²) in [4.78, 5) is 20.2. The molecule has 0 saturated carbocycles. The van der Waals surface area contributed by atoms with Crippen LogP contribution in [0, 0.1) is 0 Å². The van der Waals surface area contributed by atoms with Crippen molar-refractivity contribution in [3.63, 3.8) is 0 Å². The minimum Gasteiger partial charge on any atom is -0.481 e. The standard InChI is InChI=1S/C13H11N3O.C11H16BNO4/c1-17-11-7-6-9-8-4-2-3-5-10(8)15-13(14)12(9)16-11;1-11(2,3)17-10(14)13-9-7-5-4-6-8(9)12(15)16/h2-7H,1H3,(H2,14,15);4-7,15-16H,1-3H3,(H,13,14). The van der Waals surface area contributed by atoms with E-state index in [0.29, 0.717) is 22.9 Å². The number of fused-ring (bicyclic) bond motifs is 3. The van der Waals surface area contributed by atoms with Gasteiger partial charge in [0.25, 0.3) is 0 Å². The Morgan fingerprint density at radius 1 is 0.971 bits per heavy atom. The summed E-state index contributed by atoms with van der Waals surface area (Å²) in [5.74, 6) is 0.971. The van der Waals surface area contributed by atoms with Gasteiger partial charge < -0.3 is 25.3 Å². The third-order valence-corrected chi connectivity index (χ3v) is 4.63. The molecule has 1 amide bonds. The van der Waals surface area contributed by atoms with Gasteiger partial charge in [-0.05, 0) is 39.0 Å². The van der Waals surface area contributed by atoms with Gasteiger partial charge in [0.1, 0.15) is 11.1 Å². The molecule has 0 aliphatic rings. The molecule has 0 spiro atoms. The molecule has 0 unspecified atom stereocenters. The number of nitrogens with two attached hydrogens (primary N) is 1. The number of hydrogen-bond acceptors (Lipinski definition) is 8. The van der Waals surface area contributed by atoms with E-state index in [1.54, 1.807) is 46.1 Å². The Balaban J connectivity index is 0.000000191. The quantitative estimate of drug-likeness (QED) is 0.269. The third kappa shape index (κ3) is 6.12. The fraction of sp³-hybridized carbons (Fsp3) is 0.208. The number of anilines is 2. The molecule has 4 aromatic rings. The van der Waals surface area contributed by atoms with Crippen molar-refractivity contribution in [1.82, 2.24) is 9.97 Å². The van der Waals surface area contributed by atoms with E-state index >= 15 is 0 Å². The fourth-order valence-corrected chi connectivity index (χ4v) is 3.20. The molecular weight excluding hydrogens is 435 g/mol. The molecule has 5 N–H and O–H groups in total. The fourth-order valence-electron chi connectivity index (χ4n) is 3.20. The van der Waals surface area contributed by atoms with Crippen LogP contribution in [0.2, 0.25) is 0 Å². The summed E-state index contributed by atoms with van der Waals surface area (Å²) >= 11 is 0. The van der Waals surface area contributed by atoms with E-state index in [4.69, 9.17) is 25.3 Å². The summed E-state index contributed by atoms with van der Waals surface area (Å²) in [5, 5.41) is 22.7. The second-order valence-corrected chi connectivity index (χ2v) is 8.35. The molecule has 2 aromatic carbocycles. The highest BCUT2D eigenvalue weighted by molar-refractivity contribution is 6.60. The van der Waals surface area contributed by atoms with Crippen LogP contribution in [0.15, 0.2) is 60.7 Å². The number of para-hydroxylation sites is 2. The highest BCUT2D eigenvalue weighted by Gasteiger charge is 2.20. The van der Waals surface area contributed by atoms with Crippen molar-refractivity contribution < 1.29 is 24.3 Å². The van der Waals surface area contributed by atoms with E-state index < -0.39 is 18.8 Å². The number of carbonyl (C=O) groups is 1. The number of ether oxygens (including phenoxy) is 2. The molecule has 176 valence electrons. The van der Waals surface area contributed by atoms with Crippen molar-refractivity contribution >= 4 is 52.0 Å². The van der Waals surface area contributed by atoms with Crippen LogP contribution in [0.1, 0.15) is 20.8 Å². The molecule has 0 fully saturated rings. The highest BCUT2D eigenvalue weighted by Crippen LogP contribution is 2.27. The van der Waals surface area contributed by atoms with Gasteiger partial charge in [0.05, 0.1) is 12.6 Å². The second-order valence-electron chi connectivity index (χ2n) is 8.35. The zero-order valence-corrected chi connectivity index (χ0v) is 19.4. The molecule has 4 rings (SSSR count). The monoisotopic (exact) mass is 462 g/mol. The molecule has 0 bridgehead atoms. The first-order chi connectivity index (χ1) is 16.1. The van der Waals surface area contributed by atoms with Gasteiger partial charge in [-0.1, -0.05) is 36.4 Å². The molecule has 0 radical (unpaired) electrons. The van der Waals surface area contributed by atoms with E-state index in [-0.39, 0.29) is 5.46 Å². The largest absolute Gasteiger partial charge is 0.490 e. The average Bonchev–Trinajstić information content (AvgIpc) is 2.78. The first-order valence-electron chi connectivity index (χ1n) is 10.5. The van der Waals surface area contributed by atoms with Gasteiger partial charge >= 0.3 is 13.2 Å². The molecule has 0 atom stereocenters. The number of pyridine rings is 2. The summed E-state index contributed by atoms with van der Waals surface area (Å²) < 4.78 is 10.2. The minimum absolute atomic E-state index is 0.221. The highest BCUT2D eigenvalue weighted by atomic mass is 16.6. The Bertz CT molecular complexity index is 1310. The Morgan fingerprint density at radius 2 is 1.65 bits per heavy atom. The number of amides is 1. The molecule has 0 saturated heterocycles. The van der Waals surface area contributed by atoms with Gasteiger partial charge in [0, 0.05) is 28.0 Å². The first kappa shape index (κ1) is 24.8. The predicted octanol–water partition coefficient (Wildman–Crippen LogP) is 3.09. The van der Waals surface area contributed by atoms with Crippen LogP contribution in [0.4, 0.5) is 16.3 Å². The van der Waals surface area contributed by atoms with Crippen LogP contribution in [0.3, 0.4) is 0 Å². The number of carbonyl (C=O) groups excluding carboxylic acids is 1. The predicted molar refractivity (Wildman–Crippen MR) is 134 cm³/mol. The van der Waals surface area contributed by atoms with Crippen LogP contribution in [-0.2, 0) is 4.74 Å². The minimum atomic E-state index is -1.64. The number of methoxy groups -OCH3 is 1. The number of aromatic nitrogens is 2. The number of rotatable bonds is 3. The summed E-state index contributed by atoms with van der Waals surface area (Å²) in [5.41, 5.74) is 7.42. The zero-order chi connectivity index (χ0) is 24.9. The van der Waals surface area contributed by atoms with E-state index in [2.05, 4.69) is 15.3 Å². The first-order valence-corrected chi connectivity index (χ1v) is 10.5. The molecule has 2 aromatic heterocycles. The number of nitrogens with zero attached hydrogens (tertiary/aromatic N) is 2. The van der Waals surface area contributed by atoms with Crippen molar-refractivity contribution in [2.24, 2.45) is 0 Å². The maximum Gasteiger partial charge on any atom is 0.490 e. The van der Waals surface area contributed by atoms with Crippen molar-refractivity contribution in [1.29, 1.82) is 0 Å². The number of benzene rings is 2. The van der Waals surface area contributed by atoms with E-state index in [1.807, 2.05) is 36.4 Å². The lowest BCUT2D eigenvalue weighted by molar-refractivity contribution is 0.0636. The van der Waals surface area contributed by atoms with Crippen LogP contribution < -0.4 is 21.3 Å². The summed E-state index contributed by atoms with van der Waals surface area (Å²) in [6.45, 7) is 5.25. The van der Waals surface area contributed by atoms with Crippen molar-refractivity contribution in [2.75, 3.05) is 18.2 Å². The molecule has 0 aliphatic heterocycles. The van der Waals surface area contributed by atoms with Crippen molar-refractivity contribution in [2.45, 2.75) is 26.4 Å². The molecule has 34 heavy (non-hydrogen) atoms. The van der Waals surface area contributed by atoms with Crippen LogP contribution >= 0.6 is 0 Å². The van der Waals surface area contributed by atoms with Gasteiger partial charge in [0.15, 0.2) is 5.82 Å². The molecule has 9 nitrogen and oxygen atoms in total. The van der Waals surface area contributed by atoms with Gasteiger partial charge in [-0.25, -0.2) is 14.8 Å². The van der Waals surface area contributed by atoms with Gasteiger partial charge in [-0.2, -0.15) is 0 Å². The lowest BCUT2D eigenvalue weighted by Gasteiger charge is -2.20. The number of nitrogens with one attached hydrogen (secondary N) is 1. The Morgan fingerprint density at radius 3 is 2.32 bits per heavy atom. The molecule has 10 heteroatoms. The summed E-state index contributed by atoms with van der Waals surface area (Å²) in [7, 11) is -0.0557. The molecule has 0 aliphatic carbocycles. The molecule has 2 heterocycles. The SMILES string of the molecule is CC(C)(C)OC(=O)Nc1ccccc1B(O)O.COc1ccc2c(n1)c(N)nc1ccccc12. The lowest BCUT2D eigenvalue weighted by atomic mass is 9.79. The Kier molecular flexibility index (Phi) is 7.55. The second kappa shape index (κ2) is 10.4. The van der Waals surface area contributed by atoms with Crippen molar-refractivity contribution in [3.05, 3.63) is 60.7 Å². The van der Waals surface area contributed by atoms with Crippen LogP contribution in [-0.4, -0.2) is 45.9 Å². The third-order valence-electron chi connectivity index (χ3n) is 4.63. The topological polar surface area (TPSA) is 140 Å². The molecular formula is C24H27BN4O5. The number of nitrogen functional groups attached to an aromatic ring is 1. The Labute approximate surface area is 197 Å². The van der Waals surface area contributed by atoms with Crippen LogP contribution in [0.5, 0.6) is 5.88 Å². The van der Waals surface area contributed by atoms with Crippen molar-refractivity contribution in [3.8, 4) is 5.88 Å². The zero-order valence-electron chi connectivity index (χ0n) is 19.4. The van der Waals surface area contributed by atoms with Gasteiger partial charge in [0.2, 0.25) is 5.88 Å². The van der Waals surface area contributed by atoms with Gasteiger partial charge in [-0.15, -0.1) is 0 Å². The summed E-state index contributed by atoms with van der Waals surface area (Å²) in [6.07, 6.45) is -0.634. The van der Waals surface area contributed by atoms with E-state index in [9.17, 15) is 4.79 Å². The number of hydrogen-bond donors (Lipinski definition) is 4. The lowest BCUT2D eigenvalue weighted by Crippen LogP contribution is -2.35. The Hall–Kier alpha value is -3.89. The average molecular weight is 462 g/mol. The van der Waals surface area contributed by atoms with Gasteiger partial charge in [-0.3, -0.25) is 5.32 Å². The van der Waals surface area contributed by atoms with Crippen LogP contribution in [0.25, 0.3) is 21.8 Å². The van der Waals surface area contributed by atoms with E-state index in [1.165, 1.54) is 6.07 Å². The van der Waals surface area contributed by atoms with E-state index in [0.717, 1.165) is 16.3 Å². The smallest absolute Gasteiger partial charge is 0.481 e.